The molecule has 2 heterocycles. The third-order valence-electron chi connectivity index (χ3n) is 2.51. The highest BCUT2D eigenvalue weighted by atomic mass is 19.2. The number of aromatic nitrogens is 2. The first-order valence-corrected chi connectivity index (χ1v) is 4.83. The number of H-pyrrole nitrogens is 1. The summed E-state index contributed by atoms with van der Waals surface area (Å²) in [6.45, 7) is -0.748. The molecule has 2 atom stereocenters. The molecule has 88 valence electrons. The normalized spacial score (nSPS) is 29.5. The van der Waals surface area contributed by atoms with E-state index in [1.807, 2.05) is 4.98 Å². The van der Waals surface area contributed by atoms with Crippen LogP contribution in [0.2, 0.25) is 0 Å². The standard InChI is InChI=1S/C9H11FN2O4/c10-9(5-13)3-1-7(16-9)12-4-2-6(14)11-8(12)15/h2,4,7,13H,1,3,5H2,(H,11,14,15)/t7-,9+/m1/s1. The Morgan fingerprint density at radius 3 is 3.00 bits per heavy atom. The number of alkyl halides is 1. The molecule has 1 aromatic rings. The smallest absolute Gasteiger partial charge is 0.330 e. The van der Waals surface area contributed by atoms with Crippen molar-refractivity contribution in [3.8, 4) is 0 Å². The van der Waals surface area contributed by atoms with Crippen LogP contribution in [0, 0.1) is 0 Å². The molecule has 6 nitrogen and oxygen atoms in total. The van der Waals surface area contributed by atoms with E-state index in [1.165, 1.54) is 6.20 Å². The van der Waals surface area contributed by atoms with Crippen molar-refractivity contribution in [3.05, 3.63) is 33.1 Å². The Kier molecular flexibility index (Phi) is 2.64. The maximum absolute atomic E-state index is 13.5. The van der Waals surface area contributed by atoms with E-state index in [0.717, 1.165) is 10.6 Å². The third kappa shape index (κ3) is 1.91. The van der Waals surface area contributed by atoms with Crippen molar-refractivity contribution in [2.45, 2.75) is 24.9 Å². The van der Waals surface area contributed by atoms with Gasteiger partial charge in [0.05, 0.1) is 0 Å². The Morgan fingerprint density at radius 2 is 2.44 bits per heavy atom. The minimum Gasteiger partial charge on any atom is -0.390 e. The Morgan fingerprint density at radius 1 is 1.69 bits per heavy atom. The predicted molar refractivity (Wildman–Crippen MR) is 51.6 cm³/mol. The summed E-state index contributed by atoms with van der Waals surface area (Å²) < 4.78 is 19.6. The first-order valence-electron chi connectivity index (χ1n) is 4.83. The number of aliphatic hydroxyl groups is 1. The third-order valence-corrected chi connectivity index (χ3v) is 2.51. The van der Waals surface area contributed by atoms with Crippen molar-refractivity contribution in [2.75, 3.05) is 6.61 Å². The Hall–Kier alpha value is -1.47. The van der Waals surface area contributed by atoms with Crippen molar-refractivity contribution >= 4 is 0 Å². The van der Waals surface area contributed by atoms with Gasteiger partial charge in [0.1, 0.15) is 12.8 Å². The van der Waals surface area contributed by atoms with Gasteiger partial charge in [-0.15, -0.1) is 0 Å². The van der Waals surface area contributed by atoms with Gasteiger partial charge < -0.3 is 9.84 Å². The molecule has 0 unspecified atom stereocenters. The number of hydrogen-bond acceptors (Lipinski definition) is 4. The van der Waals surface area contributed by atoms with Crippen LogP contribution in [0.3, 0.4) is 0 Å². The second-order valence-corrected chi connectivity index (χ2v) is 3.67. The van der Waals surface area contributed by atoms with Crippen LogP contribution in [0.5, 0.6) is 0 Å². The lowest BCUT2D eigenvalue weighted by atomic mass is 10.2. The average Bonchev–Trinajstić information content (AvgIpc) is 2.62. The quantitative estimate of drug-likeness (QED) is 0.717. The number of rotatable bonds is 2. The van der Waals surface area contributed by atoms with Gasteiger partial charge >= 0.3 is 5.69 Å². The first kappa shape index (κ1) is 11.0. The van der Waals surface area contributed by atoms with Gasteiger partial charge in [-0.3, -0.25) is 14.3 Å². The number of aromatic amines is 1. The summed E-state index contributed by atoms with van der Waals surface area (Å²) in [4.78, 5) is 24.2. The van der Waals surface area contributed by atoms with Gasteiger partial charge in [0.15, 0.2) is 0 Å². The number of nitrogens with zero attached hydrogens (tertiary/aromatic N) is 1. The summed E-state index contributed by atoms with van der Waals surface area (Å²) in [6.07, 6.45) is 0.735. The maximum atomic E-state index is 13.5. The molecule has 0 bridgehead atoms. The number of aliphatic hydroxyl groups excluding tert-OH is 1. The first-order chi connectivity index (χ1) is 7.54. The summed E-state index contributed by atoms with van der Waals surface area (Å²) in [6, 6.07) is 1.15. The van der Waals surface area contributed by atoms with Crippen LogP contribution in [0.1, 0.15) is 19.1 Å². The van der Waals surface area contributed by atoms with E-state index in [0.29, 0.717) is 0 Å². The van der Waals surface area contributed by atoms with Crippen LogP contribution >= 0.6 is 0 Å². The molecule has 1 saturated heterocycles. The molecular formula is C9H11FN2O4. The molecule has 0 amide bonds. The van der Waals surface area contributed by atoms with Crippen LogP contribution in [0.25, 0.3) is 0 Å². The molecular weight excluding hydrogens is 219 g/mol. The van der Waals surface area contributed by atoms with Crippen LogP contribution in [0.15, 0.2) is 21.9 Å². The van der Waals surface area contributed by atoms with Gasteiger partial charge in [-0.05, 0) is 6.42 Å². The van der Waals surface area contributed by atoms with Gasteiger partial charge in [0, 0.05) is 18.7 Å². The molecule has 16 heavy (non-hydrogen) atoms. The highest BCUT2D eigenvalue weighted by Gasteiger charge is 2.41. The lowest BCUT2D eigenvalue weighted by Gasteiger charge is -2.18. The summed E-state index contributed by atoms with van der Waals surface area (Å²) in [5.41, 5.74) is -1.17. The molecule has 2 N–H and O–H groups in total. The molecule has 1 aromatic heterocycles. The molecule has 0 spiro atoms. The fourth-order valence-electron chi connectivity index (χ4n) is 1.67. The lowest BCUT2D eigenvalue weighted by molar-refractivity contribution is -0.177. The number of halogens is 1. The number of hydrogen-bond donors (Lipinski definition) is 2. The van der Waals surface area contributed by atoms with Crippen molar-refractivity contribution in [3.63, 3.8) is 0 Å². The highest BCUT2D eigenvalue weighted by molar-refractivity contribution is 4.87. The van der Waals surface area contributed by atoms with Gasteiger partial charge in [-0.1, -0.05) is 0 Å². The second-order valence-electron chi connectivity index (χ2n) is 3.67. The topological polar surface area (TPSA) is 84.3 Å². The Bertz CT molecular complexity index is 497. The summed E-state index contributed by atoms with van der Waals surface area (Å²) >= 11 is 0. The molecule has 0 saturated carbocycles. The molecule has 0 radical (unpaired) electrons. The summed E-state index contributed by atoms with van der Waals surface area (Å²) in [5, 5.41) is 8.76. The molecule has 1 aliphatic rings. The van der Waals surface area contributed by atoms with Gasteiger partial charge in [0.25, 0.3) is 5.56 Å². The maximum Gasteiger partial charge on any atom is 0.330 e. The van der Waals surface area contributed by atoms with Crippen LogP contribution in [-0.2, 0) is 4.74 Å². The van der Waals surface area contributed by atoms with Crippen molar-refractivity contribution in [2.24, 2.45) is 0 Å². The molecule has 0 aromatic carbocycles. The molecule has 2 rings (SSSR count). The van der Waals surface area contributed by atoms with E-state index in [4.69, 9.17) is 9.84 Å². The molecule has 1 fully saturated rings. The van der Waals surface area contributed by atoms with Crippen molar-refractivity contribution < 1.29 is 14.2 Å². The Labute approximate surface area is 89.3 Å². The SMILES string of the molecule is O=c1ccn([C@H]2CC[C@@](F)(CO)O2)c(=O)[nH]1. The van der Waals surface area contributed by atoms with E-state index in [9.17, 15) is 14.0 Å². The van der Waals surface area contributed by atoms with E-state index < -0.39 is 29.9 Å². The minimum atomic E-state index is -2.10. The zero-order valence-corrected chi connectivity index (χ0v) is 8.35. The largest absolute Gasteiger partial charge is 0.390 e. The highest BCUT2D eigenvalue weighted by Crippen LogP contribution is 2.36. The Balaban J connectivity index is 2.27. The van der Waals surface area contributed by atoms with Gasteiger partial charge in [0.2, 0.25) is 5.85 Å². The molecule has 0 aliphatic carbocycles. The fraction of sp³-hybridized carbons (Fsp3) is 0.556. The van der Waals surface area contributed by atoms with Gasteiger partial charge in [-0.25, -0.2) is 9.18 Å². The lowest BCUT2D eigenvalue weighted by Crippen LogP contribution is -2.33. The monoisotopic (exact) mass is 230 g/mol. The van der Waals surface area contributed by atoms with Crippen LogP contribution in [-0.4, -0.2) is 27.1 Å². The zero-order chi connectivity index (χ0) is 11.8. The number of nitrogens with one attached hydrogen (secondary N) is 1. The van der Waals surface area contributed by atoms with E-state index in [2.05, 4.69) is 0 Å². The average molecular weight is 230 g/mol. The van der Waals surface area contributed by atoms with Crippen LogP contribution < -0.4 is 11.2 Å². The fourth-order valence-corrected chi connectivity index (χ4v) is 1.67. The van der Waals surface area contributed by atoms with Crippen molar-refractivity contribution in [1.29, 1.82) is 0 Å². The van der Waals surface area contributed by atoms with E-state index in [1.54, 1.807) is 0 Å². The predicted octanol–water partition coefficient (Wildman–Crippen LogP) is -0.496. The van der Waals surface area contributed by atoms with Crippen LogP contribution in [0.4, 0.5) is 4.39 Å². The van der Waals surface area contributed by atoms with E-state index in [-0.39, 0.29) is 12.8 Å². The number of ether oxygens (including phenoxy) is 1. The second kappa shape index (κ2) is 3.84. The molecule has 7 heteroatoms. The van der Waals surface area contributed by atoms with Gasteiger partial charge in [-0.2, -0.15) is 0 Å². The molecule has 1 aliphatic heterocycles. The van der Waals surface area contributed by atoms with E-state index >= 15 is 0 Å². The zero-order valence-electron chi connectivity index (χ0n) is 8.35. The van der Waals surface area contributed by atoms with Crippen molar-refractivity contribution in [1.82, 2.24) is 9.55 Å². The minimum absolute atomic E-state index is 0.0136. The summed E-state index contributed by atoms with van der Waals surface area (Å²) in [5.74, 6) is -2.10. The summed E-state index contributed by atoms with van der Waals surface area (Å²) in [7, 11) is 0.